The number of hydrogen-bond donors (Lipinski definition) is 2. The molecule has 4 heteroatoms. The Balaban J connectivity index is 3.93. The maximum absolute atomic E-state index is 10.8. The number of aliphatic carboxylic acids is 1. The fourth-order valence-corrected chi connectivity index (χ4v) is 2.55. The van der Waals surface area contributed by atoms with E-state index in [-0.39, 0.29) is 0 Å². The average molecular weight is 233 g/mol. The first kappa shape index (κ1) is 14.8. The molecule has 0 aliphatic heterocycles. The van der Waals surface area contributed by atoms with E-state index in [1.165, 1.54) is 6.42 Å². The van der Waals surface area contributed by atoms with Crippen LogP contribution in [-0.4, -0.2) is 27.6 Å². The molecule has 0 rings (SSSR count). The van der Waals surface area contributed by atoms with Crippen molar-refractivity contribution in [3.8, 4) is 0 Å². The molecule has 3 unspecified atom stereocenters. The summed E-state index contributed by atoms with van der Waals surface area (Å²) >= 11 is 1.81. The fourth-order valence-electron chi connectivity index (χ4n) is 1.19. The van der Waals surface area contributed by atoms with E-state index in [4.69, 9.17) is 10.8 Å². The molecule has 0 bridgehead atoms. The van der Waals surface area contributed by atoms with Crippen LogP contribution in [0.4, 0.5) is 0 Å². The number of carboxylic acids is 1. The third-order valence-electron chi connectivity index (χ3n) is 2.56. The zero-order valence-electron chi connectivity index (χ0n) is 10.1. The van der Waals surface area contributed by atoms with Gasteiger partial charge in [0, 0.05) is 5.25 Å². The maximum Gasteiger partial charge on any atom is 0.323 e. The van der Waals surface area contributed by atoms with Gasteiger partial charge in [-0.05, 0) is 25.0 Å². The minimum Gasteiger partial charge on any atom is -0.480 e. The third-order valence-corrected chi connectivity index (χ3v) is 4.06. The highest BCUT2D eigenvalue weighted by molar-refractivity contribution is 7.99. The van der Waals surface area contributed by atoms with Crippen molar-refractivity contribution >= 4 is 17.7 Å². The lowest BCUT2D eigenvalue weighted by molar-refractivity contribution is -0.142. The van der Waals surface area contributed by atoms with Gasteiger partial charge in [0.05, 0.1) is 0 Å². The smallest absolute Gasteiger partial charge is 0.323 e. The Labute approximate surface area is 96.8 Å². The van der Waals surface area contributed by atoms with Crippen LogP contribution in [0.25, 0.3) is 0 Å². The van der Waals surface area contributed by atoms with Crippen molar-refractivity contribution in [1.29, 1.82) is 0 Å². The average Bonchev–Trinajstić information content (AvgIpc) is 2.13. The zero-order valence-corrected chi connectivity index (χ0v) is 10.9. The van der Waals surface area contributed by atoms with Crippen molar-refractivity contribution in [2.24, 2.45) is 11.7 Å². The number of rotatable bonds is 7. The van der Waals surface area contributed by atoms with E-state index in [1.807, 2.05) is 18.7 Å². The van der Waals surface area contributed by atoms with Gasteiger partial charge in [-0.2, -0.15) is 11.8 Å². The SMILES string of the molecule is CCC(C)CSC(C)CC(C)(N)C(=O)O. The van der Waals surface area contributed by atoms with Gasteiger partial charge in [-0.3, -0.25) is 4.79 Å². The molecule has 0 spiro atoms. The van der Waals surface area contributed by atoms with Gasteiger partial charge < -0.3 is 10.8 Å². The minimum absolute atomic E-state index is 0.296. The summed E-state index contributed by atoms with van der Waals surface area (Å²) in [4.78, 5) is 10.8. The number of thioether (sulfide) groups is 1. The summed E-state index contributed by atoms with van der Waals surface area (Å²) in [5.41, 5.74) is 4.59. The molecule has 3 atom stereocenters. The summed E-state index contributed by atoms with van der Waals surface area (Å²) in [7, 11) is 0. The Bertz CT molecular complexity index is 207. The van der Waals surface area contributed by atoms with E-state index < -0.39 is 11.5 Å². The highest BCUT2D eigenvalue weighted by Gasteiger charge is 2.29. The third kappa shape index (κ3) is 6.05. The van der Waals surface area contributed by atoms with Crippen molar-refractivity contribution in [1.82, 2.24) is 0 Å². The molecular weight excluding hydrogens is 210 g/mol. The monoisotopic (exact) mass is 233 g/mol. The van der Waals surface area contributed by atoms with Crippen LogP contribution in [0.15, 0.2) is 0 Å². The first-order valence-electron chi connectivity index (χ1n) is 5.43. The van der Waals surface area contributed by atoms with Gasteiger partial charge in [0.25, 0.3) is 0 Å². The first-order chi connectivity index (χ1) is 6.79. The minimum atomic E-state index is -1.10. The Morgan fingerprint density at radius 3 is 2.47 bits per heavy atom. The fraction of sp³-hybridized carbons (Fsp3) is 0.909. The van der Waals surface area contributed by atoms with Gasteiger partial charge in [-0.15, -0.1) is 0 Å². The zero-order chi connectivity index (χ0) is 12.1. The van der Waals surface area contributed by atoms with Crippen LogP contribution in [-0.2, 0) is 4.79 Å². The second kappa shape index (κ2) is 6.38. The summed E-state index contributed by atoms with van der Waals surface area (Å²) in [6, 6.07) is 0. The molecule has 90 valence electrons. The number of carboxylic acid groups (broad SMARTS) is 1. The molecule has 0 aromatic heterocycles. The molecule has 0 aliphatic carbocycles. The second-order valence-corrected chi connectivity index (χ2v) is 6.06. The molecule has 0 aliphatic rings. The normalized spacial score (nSPS) is 19.3. The molecule has 0 saturated heterocycles. The Morgan fingerprint density at radius 1 is 1.53 bits per heavy atom. The van der Waals surface area contributed by atoms with E-state index >= 15 is 0 Å². The van der Waals surface area contributed by atoms with Crippen molar-refractivity contribution in [2.75, 3.05) is 5.75 Å². The molecule has 3 N–H and O–H groups in total. The quantitative estimate of drug-likeness (QED) is 0.708. The van der Waals surface area contributed by atoms with Gasteiger partial charge in [0.1, 0.15) is 5.54 Å². The van der Waals surface area contributed by atoms with Crippen LogP contribution in [0.2, 0.25) is 0 Å². The molecule has 0 fully saturated rings. The Kier molecular flexibility index (Phi) is 6.29. The predicted molar refractivity (Wildman–Crippen MR) is 66.2 cm³/mol. The van der Waals surface area contributed by atoms with Crippen LogP contribution in [0.1, 0.15) is 40.5 Å². The first-order valence-corrected chi connectivity index (χ1v) is 6.48. The molecule has 0 aromatic carbocycles. The lowest BCUT2D eigenvalue weighted by Gasteiger charge is -2.23. The summed E-state index contributed by atoms with van der Waals surface area (Å²) < 4.78 is 0. The summed E-state index contributed by atoms with van der Waals surface area (Å²) in [6.07, 6.45) is 1.68. The standard InChI is InChI=1S/C11H23NO2S/c1-5-8(2)7-15-9(3)6-11(4,12)10(13)14/h8-9H,5-7,12H2,1-4H3,(H,13,14). The van der Waals surface area contributed by atoms with E-state index in [1.54, 1.807) is 6.92 Å². The van der Waals surface area contributed by atoms with Crippen molar-refractivity contribution in [3.05, 3.63) is 0 Å². The molecule has 3 nitrogen and oxygen atoms in total. The Morgan fingerprint density at radius 2 is 2.07 bits per heavy atom. The number of nitrogens with two attached hydrogens (primary N) is 1. The van der Waals surface area contributed by atoms with Crippen LogP contribution in [0, 0.1) is 5.92 Å². The van der Waals surface area contributed by atoms with Crippen LogP contribution < -0.4 is 5.73 Å². The van der Waals surface area contributed by atoms with E-state index in [0.29, 0.717) is 17.6 Å². The van der Waals surface area contributed by atoms with Gasteiger partial charge in [0.15, 0.2) is 0 Å². The molecule has 0 radical (unpaired) electrons. The lowest BCUT2D eigenvalue weighted by Crippen LogP contribution is -2.46. The molecule has 0 amide bonds. The van der Waals surface area contributed by atoms with E-state index in [2.05, 4.69) is 13.8 Å². The van der Waals surface area contributed by atoms with E-state index in [0.717, 1.165) is 5.75 Å². The van der Waals surface area contributed by atoms with Crippen molar-refractivity contribution in [2.45, 2.75) is 51.3 Å². The summed E-state index contributed by atoms with van der Waals surface area (Å²) in [6.45, 7) is 8.00. The van der Waals surface area contributed by atoms with Crippen molar-refractivity contribution < 1.29 is 9.90 Å². The highest BCUT2D eigenvalue weighted by atomic mass is 32.2. The lowest BCUT2D eigenvalue weighted by atomic mass is 9.98. The highest BCUT2D eigenvalue weighted by Crippen LogP contribution is 2.23. The van der Waals surface area contributed by atoms with Gasteiger partial charge in [-0.1, -0.05) is 27.2 Å². The molecule has 0 saturated carbocycles. The molecule has 0 heterocycles. The van der Waals surface area contributed by atoms with Crippen LogP contribution in [0.5, 0.6) is 0 Å². The van der Waals surface area contributed by atoms with Gasteiger partial charge in [-0.25, -0.2) is 0 Å². The topological polar surface area (TPSA) is 63.3 Å². The van der Waals surface area contributed by atoms with Crippen molar-refractivity contribution in [3.63, 3.8) is 0 Å². The van der Waals surface area contributed by atoms with Crippen LogP contribution >= 0.6 is 11.8 Å². The van der Waals surface area contributed by atoms with E-state index in [9.17, 15) is 4.79 Å². The summed E-state index contributed by atoms with van der Waals surface area (Å²) in [5, 5.41) is 9.18. The predicted octanol–water partition coefficient (Wildman–Crippen LogP) is 2.35. The number of carbonyl (C=O) groups is 1. The molecule has 15 heavy (non-hydrogen) atoms. The van der Waals surface area contributed by atoms with Crippen LogP contribution in [0.3, 0.4) is 0 Å². The maximum atomic E-state index is 10.8. The second-order valence-electron chi connectivity index (χ2n) is 4.58. The molecular formula is C11H23NO2S. The largest absolute Gasteiger partial charge is 0.480 e. The number of hydrogen-bond acceptors (Lipinski definition) is 3. The molecule has 0 aromatic rings. The summed E-state index contributed by atoms with van der Waals surface area (Å²) in [5.74, 6) is 0.845. The Hall–Kier alpha value is -0.220. The van der Waals surface area contributed by atoms with Gasteiger partial charge >= 0.3 is 5.97 Å². The van der Waals surface area contributed by atoms with Gasteiger partial charge in [0.2, 0.25) is 0 Å².